The highest BCUT2D eigenvalue weighted by molar-refractivity contribution is 5.98. The predicted octanol–water partition coefficient (Wildman–Crippen LogP) is 3.83. The number of aromatic nitrogens is 2. The standard InChI is InChI=1S/C18H19N3O2/c1-13-15(14-9-5-4-6-10-14)16(23-20-13)19-17(22)18(2,3)21-11-7-8-12-21/h4-12H,1-3H3,(H,19,22). The number of rotatable bonds is 4. The second kappa shape index (κ2) is 5.76. The molecule has 2 heterocycles. The summed E-state index contributed by atoms with van der Waals surface area (Å²) in [5, 5.41) is 6.86. The number of nitrogens with zero attached hydrogens (tertiary/aromatic N) is 2. The van der Waals surface area contributed by atoms with Crippen molar-refractivity contribution in [1.82, 2.24) is 9.72 Å². The highest BCUT2D eigenvalue weighted by Crippen LogP contribution is 2.32. The molecule has 0 fully saturated rings. The summed E-state index contributed by atoms with van der Waals surface area (Å²) in [6, 6.07) is 13.5. The Morgan fingerprint density at radius 2 is 1.78 bits per heavy atom. The average molecular weight is 309 g/mol. The Hall–Kier alpha value is -2.82. The average Bonchev–Trinajstić information content (AvgIpc) is 3.19. The lowest BCUT2D eigenvalue weighted by atomic mass is 10.0. The second-order valence-electron chi connectivity index (χ2n) is 5.94. The molecule has 0 spiro atoms. The molecule has 1 aromatic carbocycles. The van der Waals surface area contributed by atoms with Gasteiger partial charge in [-0.25, -0.2) is 0 Å². The Labute approximate surface area is 134 Å². The minimum atomic E-state index is -0.738. The molecule has 0 unspecified atom stereocenters. The lowest BCUT2D eigenvalue weighted by Gasteiger charge is -2.25. The molecule has 1 N–H and O–H groups in total. The van der Waals surface area contributed by atoms with Gasteiger partial charge in [-0.1, -0.05) is 35.5 Å². The van der Waals surface area contributed by atoms with Crippen molar-refractivity contribution in [2.24, 2.45) is 0 Å². The summed E-state index contributed by atoms with van der Waals surface area (Å²) >= 11 is 0. The SMILES string of the molecule is Cc1noc(NC(=O)C(C)(C)n2cccc2)c1-c1ccccc1. The first-order chi connectivity index (χ1) is 11.0. The van der Waals surface area contributed by atoms with Gasteiger partial charge in [0.1, 0.15) is 5.54 Å². The van der Waals surface area contributed by atoms with Crippen LogP contribution < -0.4 is 5.32 Å². The van der Waals surface area contributed by atoms with Gasteiger partial charge in [0.25, 0.3) is 5.91 Å². The molecule has 0 radical (unpaired) electrons. The number of anilines is 1. The van der Waals surface area contributed by atoms with E-state index in [1.165, 1.54) is 0 Å². The number of carbonyl (C=O) groups excluding carboxylic acids is 1. The molecule has 0 saturated carbocycles. The van der Waals surface area contributed by atoms with Crippen LogP contribution in [0.1, 0.15) is 19.5 Å². The molecule has 0 aliphatic heterocycles. The van der Waals surface area contributed by atoms with E-state index in [1.807, 2.05) is 80.2 Å². The summed E-state index contributed by atoms with van der Waals surface area (Å²) in [5.74, 6) is 0.209. The van der Waals surface area contributed by atoms with Gasteiger partial charge in [-0.3, -0.25) is 10.1 Å². The first-order valence-electron chi connectivity index (χ1n) is 7.47. The lowest BCUT2D eigenvalue weighted by molar-refractivity contribution is -0.123. The summed E-state index contributed by atoms with van der Waals surface area (Å²) in [5.41, 5.74) is 1.77. The Morgan fingerprint density at radius 1 is 1.13 bits per heavy atom. The van der Waals surface area contributed by atoms with Gasteiger partial charge in [0, 0.05) is 12.4 Å². The number of amides is 1. The summed E-state index contributed by atoms with van der Waals surface area (Å²) in [6.45, 7) is 5.57. The van der Waals surface area contributed by atoms with Crippen molar-refractivity contribution in [3.63, 3.8) is 0 Å². The van der Waals surface area contributed by atoms with Crippen LogP contribution in [0.25, 0.3) is 11.1 Å². The molecule has 0 aliphatic rings. The number of hydrogen-bond donors (Lipinski definition) is 1. The molecule has 1 amide bonds. The molecule has 118 valence electrons. The van der Waals surface area contributed by atoms with Gasteiger partial charge in [0.05, 0.1) is 11.3 Å². The van der Waals surface area contributed by atoms with Gasteiger partial charge < -0.3 is 9.09 Å². The van der Waals surface area contributed by atoms with E-state index in [0.29, 0.717) is 5.88 Å². The van der Waals surface area contributed by atoms with Crippen molar-refractivity contribution in [2.45, 2.75) is 26.3 Å². The number of benzene rings is 1. The Balaban J connectivity index is 1.91. The molecule has 0 saturated heterocycles. The zero-order valence-electron chi connectivity index (χ0n) is 13.4. The third-order valence-electron chi connectivity index (χ3n) is 3.96. The quantitative estimate of drug-likeness (QED) is 0.797. The van der Waals surface area contributed by atoms with E-state index in [2.05, 4.69) is 10.5 Å². The smallest absolute Gasteiger partial charge is 0.252 e. The number of aryl methyl sites for hydroxylation is 1. The third-order valence-corrected chi connectivity index (χ3v) is 3.96. The van der Waals surface area contributed by atoms with Crippen molar-refractivity contribution >= 4 is 11.8 Å². The van der Waals surface area contributed by atoms with Crippen LogP contribution in [0.15, 0.2) is 59.4 Å². The van der Waals surface area contributed by atoms with E-state index in [-0.39, 0.29) is 5.91 Å². The number of hydrogen-bond acceptors (Lipinski definition) is 3. The summed E-state index contributed by atoms with van der Waals surface area (Å²) in [6.07, 6.45) is 3.73. The predicted molar refractivity (Wildman–Crippen MR) is 89.1 cm³/mol. The third kappa shape index (κ3) is 2.77. The summed E-state index contributed by atoms with van der Waals surface area (Å²) in [4.78, 5) is 12.7. The molecule has 0 aliphatic carbocycles. The topological polar surface area (TPSA) is 60.1 Å². The molecule has 2 aromatic heterocycles. The lowest BCUT2D eigenvalue weighted by Crippen LogP contribution is -2.39. The largest absolute Gasteiger partial charge is 0.340 e. The van der Waals surface area contributed by atoms with E-state index in [0.717, 1.165) is 16.8 Å². The molecule has 5 nitrogen and oxygen atoms in total. The molecule has 3 aromatic rings. The van der Waals surface area contributed by atoms with E-state index >= 15 is 0 Å². The molecule has 23 heavy (non-hydrogen) atoms. The number of carbonyl (C=O) groups is 1. The maximum atomic E-state index is 12.7. The fourth-order valence-electron chi connectivity index (χ4n) is 2.48. The summed E-state index contributed by atoms with van der Waals surface area (Å²) < 4.78 is 7.20. The van der Waals surface area contributed by atoms with Crippen LogP contribution in [-0.2, 0) is 10.3 Å². The van der Waals surface area contributed by atoms with Crippen LogP contribution in [0.2, 0.25) is 0 Å². The van der Waals surface area contributed by atoms with Crippen molar-refractivity contribution in [3.05, 3.63) is 60.6 Å². The van der Waals surface area contributed by atoms with Crippen LogP contribution in [0.5, 0.6) is 0 Å². The van der Waals surface area contributed by atoms with Gasteiger partial charge in [0.2, 0.25) is 5.88 Å². The number of nitrogens with one attached hydrogen (secondary N) is 1. The van der Waals surface area contributed by atoms with E-state index < -0.39 is 5.54 Å². The van der Waals surface area contributed by atoms with Crippen LogP contribution in [0, 0.1) is 6.92 Å². The molecule has 5 heteroatoms. The highest BCUT2D eigenvalue weighted by atomic mass is 16.5. The molecule has 0 bridgehead atoms. The maximum absolute atomic E-state index is 12.7. The van der Waals surface area contributed by atoms with E-state index in [9.17, 15) is 4.79 Å². The van der Waals surface area contributed by atoms with Crippen molar-refractivity contribution in [2.75, 3.05) is 5.32 Å². The highest BCUT2D eigenvalue weighted by Gasteiger charge is 2.31. The van der Waals surface area contributed by atoms with Crippen LogP contribution in [0.4, 0.5) is 5.88 Å². The minimum Gasteiger partial charge on any atom is -0.340 e. The van der Waals surface area contributed by atoms with E-state index in [4.69, 9.17) is 4.52 Å². The molecular weight excluding hydrogens is 290 g/mol. The van der Waals surface area contributed by atoms with Gasteiger partial charge >= 0.3 is 0 Å². The zero-order chi connectivity index (χ0) is 16.4. The van der Waals surface area contributed by atoms with Crippen molar-refractivity contribution < 1.29 is 9.32 Å². The monoisotopic (exact) mass is 309 g/mol. The zero-order valence-corrected chi connectivity index (χ0v) is 13.4. The van der Waals surface area contributed by atoms with Gasteiger partial charge in [-0.2, -0.15) is 0 Å². The normalized spacial score (nSPS) is 11.4. The fourth-order valence-corrected chi connectivity index (χ4v) is 2.48. The Kier molecular flexibility index (Phi) is 3.78. The van der Waals surface area contributed by atoms with Crippen molar-refractivity contribution in [3.8, 4) is 11.1 Å². The first-order valence-corrected chi connectivity index (χ1v) is 7.47. The van der Waals surface area contributed by atoms with Crippen LogP contribution >= 0.6 is 0 Å². The fraction of sp³-hybridized carbons (Fsp3) is 0.222. The molecular formula is C18H19N3O2. The van der Waals surface area contributed by atoms with Crippen LogP contribution in [-0.4, -0.2) is 15.6 Å². The van der Waals surface area contributed by atoms with Crippen LogP contribution in [0.3, 0.4) is 0 Å². The van der Waals surface area contributed by atoms with E-state index in [1.54, 1.807) is 0 Å². The Bertz CT molecular complexity index is 802. The van der Waals surface area contributed by atoms with Crippen molar-refractivity contribution in [1.29, 1.82) is 0 Å². The van der Waals surface area contributed by atoms with Gasteiger partial charge in [0.15, 0.2) is 0 Å². The first kappa shape index (κ1) is 15.1. The second-order valence-corrected chi connectivity index (χ2v) is 5.94. The Morgan fingerprint density at radius 3 is 2.43 bits per heavy atom. The van der Waals surface area contributed by atoms with Gasteiger partial charge in [-0.05, 0) is 38.5 Å². The minimum absolute atomic E-state index is 0.165. The summed E-state index contributed by atoms with van der Waals surface area (Å²) in [7, 11) is 0. The molecule has 3 rings (SSSR count). The maximum Gasteiger partial charge on any atom is 0.252 e. The molecule has 0 atom stereocenters. The van der Waals surface area contributed by atoms with Gasteiger partial charge in [-0.15, -0.1) is 0 Å².